The summed E-state index contributed by atoms with van der Waals surface area (Å²) in [5.41, 5.74) is 6.31. The molecule has 0 saturated heterocycles. The number of aryl methyl sites for hydroxylation is 1. The van der Waals surface area contributed by atoms with Crippen LogP contribution in [0.15, 0.2) is 24.5 Å². The van der Waals surface area contributed by atoms with Crippen LogP contribution < -0.4 is 15.2 Å². The van der Waals surface area contributed by atoms with E-state index in [9.17, 15) is 4.39 Å². The summed E-state index contributed by atoms with van der Waals surface area (Å²) in [6.07, 6.45) is 1.23. The topological polar surface area (TPSA) is 70.3 Å². The number of hydrogen-bond acceptors (Lipinski definition) is 5. The molecule has 0 spiro atoms. The summed E-state index contributed by atoms with van der Waals surface area (Å²) in [4.78, 5) is 7.44. The maximum absolute atomic E-state index is 13.6. The van der Waals surface area contributed by atoms with Crippen LogP contribution in [-0.4, -0.2) is 17.1 Å². The molecule has 0 fully saturated rings. The summed E-state index contributed by atoms with van der Waals surface area (Å²) in [6, 6.07) is 4.84. The van der Waals surface area contributed by atoms with Gasteiger partial charge in [-0.05, 0) is 19.1 Å². The van der Waals surface area contributed by atoms with Crippen LogP contribution in [0.5, 0.6) is 17.4 Å². The molecule has 5 nitrogen and oxygen atoms in total. The van der Waals surface area contributed by atoms with Crippen molar-refractivity contribution in [2.45, 2.75) is 6.92 Å². The number of nitrogens with zero attached hydrogens (tertiary/aromatic N) is 2. The summed E-state index contributed by atoms with van der Waals surface area (Å²) < 4.78 is 24.0. The van der Waals surface area contributed by atoms with Crippen LogP contribution in [0.4, 0.5) is 10.1 Å². The molecule has 0 radical (unpaired) electrons. The molecule has 2 N–H and O–H groups in total. The molecule has 0 bridgehead atoms. The Labute approximate surface area is 103 Å². The molecule has 1 aromatic heterocycles. The summed E-state index contributed by atoms with van der Waals surface area (Å²) in [7, 11) is 1.53. The van der Waals surface area contributed by atoms with E-state index in [1.54, 1.807) is 18.2 Å². The minimum atomic E-state index is -0.604. The maximum Gasteiger partial charge on any atom is 0.259 e. The van der Waals surface area contributed by atoms with Crippen molar-refractivity contribution < 1.29 is 13.9 Å². The van der Waals surface area contributed by atoms with E-state index in [1.807, 2.05) is 0 Å². The lowest BCUT2D eigenvalue weighted by atomic mass is 10.3. The third-order valence-electron chi connectivity index (χ3n) is 2.36. The van der Waals surface area contributed by atoms with Crippen LogP contribution in [0.2, 0.25) is 0 Å². The van der Waals surface area contributed by atoms with E-state index in [4.69, 9.17) is 15.2 Å². The minimum absolute atomic E-state index is 0.153. The van der Waals surface area contributed by atoms with Gasteiger partial charge in [-0.1, -0.05) is 0 Å². The molecule has 1 aromatic carbocycles. The van der Waals surface area contributed by atoms with E-state index in [1.165, 1.54) is 20.4 Å². The highest BCUT2D eigenvalue weighted by Crippen LogP contribution is 2.30. The Morgan fingerprint density at radius 1 is 1.28 bits per heavy atom. The molecule has 2 aromatic rings. The molecule has 2 rings (SSSR count). The Bertz CT molecular complexity index is 575. The monoisotopic (exact) mass is 249 g/mol. The average Bonchev–Trinajstić information content (AvgIpc) is 2.37. The average molecular weight is 249 g/mol. The van der Waals surface area contributed by atoms with Crippen LogP contribution in [-0.2, 0) is 0 Å². The number of halogens is 1. The van der Waals surface area contributed by atoms with Gasteiger partial charge >= 0.3 is 0 Å². The van der Waals surface area contributed by atoms with Crippen LogP contribution in [0.25, 0.3) is 0 Å². The molecule has 18 heavy (non-hydrogen) atoms. The van der Waals surface area contributed by atoms with Crippen LogP contribution >= 0.6 is 0 Å². The van der Waals surface area contributed by atoms with Crippen molar-refractivity contribution in [2.75, 3.05) is 12.8 Å². The molecular weight excluding hydrogens is 237 g/mol. The molecule has 6 heteroatoms. The largest absolute Gasteiger partial charge is 0.497 e. The van der Waals surface area contributed by atoms with E-state index >= 15 is 0 Å². The highest BCUT2D eigenvalue weighted by atomic mass is 19.1. The first-order chi connectivity index (χ1) is 8.61. The van der Waals surface area contributed by atoms with Crippen LogP contribution in [0.1, 0.15) is 5.69 Å². The Morgan fingerprint density at radius 2 is 2.06 bits per heavy atom. The molecule has 0 aliphatic carbocycles. The minimum Gasteiger partial charge on any atom is -0.497 e. The van der Waals surface area contributed by atoms with E-state index in [0.717, 1.165) is 0 Å². The number of ether oxygens (including phenoxy) is 2. The first-order valence-corrected chi connectivity index (χ1v) is 5.20. The van der Waals surface area contributed by atoms with Crippen molar-refractivity contribution in [1.29, 1.82) is 0 Å². The van der Waals surface area contributed by atoms with Gasteiger partial charge in [0, 0.05) is 6.07 Å². The summed E-state index contributed by atoms with van der Waals surface area (Å²) >= 11 is 0. The van der Waals surface area contributed by atoms with Crippen molar-refractivity contribution >= 4 is 5.69 Å². The fourth-order valence-corrected chi connectivity index (χ4v) is 1.36. The quantitative estimate of drug-likeness (QED) is 0.845. The van der Waals surface area contributed by atoms with Gasteiger partial charge < -0.3 is 15.2 Å². The van der Waals surface area contributed by atoms with Gasteiger partial charge in [-0.2, -0.15) is 9.37 Å². The number of aromatic nitrogens is 2. The van der Waals surface area contributed by atoms with Gasteiger partial charge in [-0.25, -0.2) is 4.98 Å². The SMILES string of the molecule is COc1ccc(Oc2ncnc(C)c2F)c(N)c1. The molecule has 0 atom stereocenters. The first-order valence-electron chi connectivity index (χ1n) is 5.20. The first kappa shape index (κ1) is 12.1. The van der Waals surface area contributed by atoms with Crippen LogP contribution in [0.3, 0.4) is 0 Å². The Hall–Kier alpha value is -2.37. The fourth-order valence-electron chi connectivity index (χ4n) is 1.36. The number of nitrogens with two attached hydrogens (primary N) is 1. The van der Waals surface area contributed by atoms with Crippen molar-refractivity contribution in [3.63, 3.8) is 0 Å². The van der Waals surface area contributed by atoms with E-state index in [-0.39, 0.29) is 11.6 Å². The van der Waals surface area contributed by atoms with E-state index < -0.39 is 5.82 Å². The molecule has 0 unspecified atom stereocenters. The van der Waals surface area contributed by atoms with E-state index in [0.29, 0.717) is 17.2 Å². The van der Waals surface area contributed by atoms with Crippen molar-refractivity contribution in [1.82, 2.24) is 9.97 Å². The highest BCUT2D eigenvalue weighted by Gasteiger charge is 2.11. The summed E-state index contributed by atoms with van der Waals surface area (Å²) in [5, 5.41) is 0. The summed E-state index contributed by atoms with van der Waals surface area (Å²) in [5.74, 6) is 0.152. The van der Waals surface area contributed by atoms with Crippen molar-refractivity contribution in [2.24, 2.45) is 0 Å². The molecule has 0 saturated carbocycles. The van der Waals surface area contributed by atoms with Gasteiger partial charge in [0.2, 0.25) is 5.82 Å². The number of hydrogen-bond donors (Lipinski definition) is 1. The van der Waals surface area contributed by atoms with Gasteiger partial charge in [0.05, 0.1) is 18.5 Å². The number of methoxy groups -OCH3 is 1. The second kappa shape index (κ2) is 4.87. The zero-order valence-electron chi connectivity index (χ0n) is 9.98. The van der Waals surface area contributed by atoms with Crippen molar-refractivity contribution in [3.8, 4) is 17.4 Å². The predicted octanol–water partition coefficient (Wildman–Crippen LogP) is 2.31. The van der Waals surface area contributed by atoms with Crippen molar-refractivity contribution in [3.05, 3.63) is 36.0 Å². The molecule has 94 valence electrons. The molecular formula is C12H12FN3O2. The maximum atomic E-state index is 13.6. The number of benzene rings is 1. The molecule has 0 amide bonds. The van der Waals surface area contributed by atoms with Gasteiger partial charge in [0.15, 0.2) is 5.75 Å². The highest BCUT2D eigenvalue weighted by molar-refractivity contribution is 5.57. The normalized spacial score (nSPS) is 10.2. The Kier molecular flexibility index (Phi) is 3.27. The fraction of sp³-hybridized carbons (Fsp3) is 0.167. The third-order valence-corrected chi connectivity index (χ3v) is 2.36. The number of nitrogen functional groups attached to an aromatic ring is 1. The zero-order chi connectivity index (χ0) is 13.1. The lowest BCUT2D eigenvalue weighted by Gasteiger charge is -2.09. The second-order valence-electron chi connectivity index (χ2n) is 3.58. The van der Waals surface area contributed by atoms with Gasteiger partial charge in [0.25, 0.3) is 5.88 Å². The third kappa shape index (κ3) is 2.32. The van der Waals surface area contributed by atoms with Gasteiger partial charge in [-0.15, -0.1) is 0 Å². The number of rotatable bonds is 3. The van der Waals surface area contributed by atoms with Crippen LogP contribution in [0, 0.1) is 12.7 Å². The Balaban J connectivity index is 2.31. The standard InChI is InChI=1S/C12H12FN3O2/c1-7-11(13)12(16-6-15-7)18-10-4-3-8(17-2)5-9(10)14/h3-6H,14H2,1-2H3. The summed E-state index contributed by atoms with van der Waals surface area (Å²) in [6.45, 7) is 1.53. The van der Waals surface area contributed by atoms with Gasteiger partial charge in [0.1, 0.15) is 12.1 Å². The molecule has 0 aliphatic heterocycles. The lowest BCUT2D eigenvalue weighted by Crippen LogP contribution is -1.99. The number of anilines is 1. The van der Waals surface area contributed by atoms with Gasteiger partial charge in [-0.3, -0.25) is 0 Å². The Morgan fingerprint density at radius 3 is 2.72 bits per heavy atom. The second-order valence-corrected chi connectivity index (χ2v) is 3.58. The molecule has 0 aliphatic rings. The lowest BCUT2D eigenvalue weighted by molar-refractivity contribution is 0.407. The smallest absolute Gasteiger partial charge is 0.259 e. The molecule has 1 heterocycles. The zero-order valence-corrected chi connectivity index (χ0v) is 9.98. The predicted molar refractivity (Wildman–Crippen MR) is 64.2 cm³/mol. The van der Waals surface area contributed by atoms with E-state index in [2.05, 4.69) is 9.97 Å².